The van der Waals surface area contributed by atoms with E-state index in [4.69, 9.17) is 9.47 Å². The lowest BCUT2D eigenvalue weighted by Gasteiger charge is -2.62. The summed E-state index contributed by atoms with van der Waals surface area (Å²) >= 11 is 0. The average molecular weight is 373 g/mol. The molecule has 0 spiro atoms. The zero-order chi connectivity index (χ0) is 18.8. The summed E-state index contributed by atoms with van der Waals surface area (Å²) in [5.41, 5.74) is 2.66. The molecule has 3 aliphatic heterocycles. The molecule has 0 aromatic heterocycles. The van der Waals surface area contributed by atoms with Crippen molar-refractivity contribution in [1.82, 2.24) is 5.32 Å². The lowest BCUT2D eigenvalue weighted by atomic mass is 9.53. The maximum atomic E-state index is 10.9. The molecule has 4 aliphatic rings. The van der Waals surface area contributed by atoms with Crippen molar-refractivity contribution in [1.29, 1.82) is 0 Å². The Morgan fingerprint density at radius 2 is 2.11 bits per heavy atom. The second-order valence-electron chi connectivity index (χ2n) is 8.84. The van der Waals surface area contributed by atoms with E-state index in [0.717, 1.165) is 32.5 Å². The molecule has 3 heterocycles. The van der Waals surface area contributed by atoms with Gasteiger partial charge in [-0.1, -0.05) is 18.2 Å². The molecule has 1 aliphatic carbocycles. The number of nitrogens with one attached hydrogen (secondary N) is 1. The highest BCUT2D eigenvalue weighted by Gasteiger charge is 2.67. The van der Waals surface area contributed by atoms with Crippen molar-refractivity contribution in [2.45, 2.75) is 56.6 Å². The van der Waals surface area contributed by atoms with E-state index in [1.54, 1.807) is 0 Å². The average Bonchev–Trinajstić information content (AvgIpc) is 2.97. The minimum atomic E-state index is -0.721. The topological polar surface area (TPSA) is 54.0 Å². The van der Waals surface area contributed by atoms with Gasteiger partial charge in [0.05, 0.1) is 18.8 Å². The van der Waals surface area contributed by atoms with E-state index in [2.05, 4.69) is 48.3 Å². The molecule has 2 saturated heterocycles. The third-order valence-corrected chi connectivity index (χ3v) is 7.95. The molecule has 1 saturated carbocycles. The summed E-state index contributed by atoms with van der Waals surface area (Å²) in [5, 5.41) is 14.3. The lowest BCUT2D eigenvalue weighted by Crippen LogP contribution is -2.70. The summed E-state index contributed by atoms with van der Waals surface area (Å²) < 4.78 is 12.6. The first-order valence-electron chi connectivity index (χ1n) is 10.6. The first-order chi connectivity index (χ1) is 13.1. The van der Waals surface area contributed by atoms with Crippen molar-refractivity contribution in [2.75, 3.05) is 31.6 Å². The van der Waals surface area contributed by atoms with Crippen molar-refractivity contribution in [3.05, 3.63) is 29.8 Å². The van der Waals surface area contributed by atoms with Gasteiger partial charge in [0.25, 0.3) is 0 Å². The van der Waals surface area contributed by atoms with Crippen LogP contribution in [-0.4, -0.2) is 56.4 Å². The molecular formula is C22H32N2O3. The molecule has 2 N–H and O–H groups in total. The summed E-state index contributed by atoms with van der Waals surface area (Å²) in [6.45, 7) is 7.07. The molecule has 0 radical (unpaired) electrons. The Labute approximate surface area is 162 Å². The Morgan fingerprint density at radius 1 is 1.30 bits per heavy atom. The number of para-hydroxylation sites is 1. The number of rotatable bonds is 4. The van der Waals surface area contributed by atoms with E-state index in [1.807, 2.05) is 7.05 Å². The third kappa shape index (κ3) is 2.26. The largest absolute Gasteiger partial charge is 0.378 e. The fourth-order valence-corrected chi connectivity index (χ4v) is 6.95. The van der Waals surface area contributed by atoms with Crippen LogP contribution in [0.2, 0.25) is 0 Å². The fraction of sp³-hybridized carbons (Fsp3) is 0.727. The van der Waals surface area contributed by atoms with Crippen LogP contribution in [0.3, 0.4) is 0 Å². The van der Waals surface area contributed by atoms with Crippen LogP contribution in [0.1, 0.15) is 32.3 Å². The molecule has 1 unspecified atom stereocenters. The van der Waals surface area contributed by atoms with Crippen LogP contribution in [0, 0.1) is 17.8 Å². The van der Waals surface area contributed by atoms with Gasteiger partial charge in [0.2, 0.25) is 0 Å². The molecule has 8 atom stereocenters. The van der Waals surface area contributed by atoms with Crippen molar-refractivity contribution in [3.63, 3.8) is 0 Å². The smallest absolute Gasteiger partial charge is 0.160 e. The van der Waals surface area contributed by atoms with E-state index in [-0.39, 0.29) is 23.5 Å². The quantitative estimate of drug-likeness (QED) is 0.848. The summed E-state index contributed by atoms with van der Waals surface area (Å²) in [7, 11) is 2.02. The summed E-state index contributed by atoms with van der Waals surface area (Å²) in [6.07, 6.45) is 1.45. The summed E-state index contributed by atoms with van der Waals surface area (Å²) in [5.74, 6) is 0.994. The van der Waals surface area contributed by atoms with Gasteiger partial charge in [-0.2, -0.15) is 0 Å². The molecule has 5 rings (SSSR count). The number of aliphatic hydroxyl groups excluding tert-OH is 1. The molecule has 5 nitrogen and oxygen atoms in total. The first-order valence-corrected chi connectivity index (χ1v) is 10.6. The number of hydrogen-bond donors (Lipinski definition) is 2. The van der Waals surface area contributed by atoms with Crippen LogP contribution in [-0.2, 0) is 14.9 Å². The second kappa shape index (κ2) is 6.45. The predicted molar refractivity (Wildman–Crippen MR) is 105 cm³/mol. The molecule has 1 aromatic carbocycles. The van der Waals surface area contributed by atoms with Crippen molar-refractivity contribution < 1.29 is 14.6 Å². The third-order valence-electron chi connectivity index (χ3n) is 7.95. The van der Waals surface area contributed by atoms with Gasteiger partial charge in [0.1, 0.15) is 0 Å². The number of fused-ring (bicyclic) bond motifs is 6. The lowest BCUT2D eigenvalue weighted by molar-refractivity contribution is -0.297. The summed E-state index contributed by atoms with van der Waals surface area (Å²) in [4.78, 5) is 2.60. The minimum absolute atomic E-state index is 0.0610. The Kier molecular flexibility index (Phi) is 4.28. The SMILES string of the molecule is CCN1c2ccccc2C2(CCNC)[C@@H]3C[C@@H]4[C@@H](CO[C@H](C)[C@@H]4[C@@H](O)O3)[C@H]12. The van der Waals surface area contributed by atoms with Gasteiger partial charge >= 0.3 is 0 Å². The maximum Gasteiger partial charge on any atom is 0.160 e. The highest BCUT2D eigenvalue weighted by atomic mass is 16.6. The predicted octanol–water partition coefficient (Wildman–Crippen LogP) is 2.13. The number of nitrogens with zero attached hydrogens (tertiary/aromatic N) is 1. The van der Waals surface area contributed by atoms with Crippen LogP contribution >= 0.6 is 0 Å². The van der Waals surface area contributed by atoms with Gasteiger partial charge in [-0.3, -0.25) is 0 Å². The number of aliphatic hydroxyl groups is 1. The highest BCUT2D eigenvalue weighted by Crippen LogP contribution is 2.62. The minimum Gasteiger partial charge on any atom is -0.378 e. The van der Waals surface area contributed by atoms with Gasteiger partial charge in [-0.25, -0.2) is 0 Å². The van der Waals surface area contributed by atoms with Gasteiger partial charge in [0, 0.05) is 35.5 Å². The van der Waals surface area contributed by atoms with Gasteiger partial charge in [-0.15, -0.1) is 0 Å². The van der Waals surface area contributed by atoms with Crippen LogP contribution in [0.4, 0.5) is 5.69 Å². The summed E-state index contributed by atoms with van der Waals surface area (Å²) in [6, 6.07) is 9.24. The zero-order valence-corrected chi connectivity index (χ0v) is 16.6. The second-order valence-corrected chi connectivity index (χ2v) is 8.84. The van der Waals surface area contributed by atoms with Crippen LogP contribution < -0.4 is 10.2 Å². The number of likely N-dealkylation sites (N-methyl/N-ethyl adjacent to an activating group) is 1. The standard InChI is InChI=1S/C22H32N2O3/c1-4-24-17-8-6-5-7-16(17)22(9-10-23-3)18-11-14-15(20(22)24)12-26-13(2)19(14)21(25)27-18/h5-8,13-15,18-21,23,25H,4,9-12H2,1-3H3/t13-,14-,15-,18+,19+,20+,21+,22?/m1/s1. The van der Waals surface area contributed by atoms with Crippen LogP contribution in [0.15, 0.2) is 24.3 Å². The van der Waals surface area contributed by atoms with E-state index in [0.29, 0.717) is 17.9 Å². The van der Waals surface area contributed by atoms with E-state index in [1.165, 1.54) is 11.3 Å². The molecular weight excluding hydrogens is 340 g/mol. The van der Waals surface area contributed by atoms with Crippen molar-refractivity contribution in [3.8, 4) is 0 Å². The monoisotopic (exact) mass is 372 g/mol. The number of ether oxygens (including phenoxy) is 2. The highest BCUT2D eigenvalue weighted by molar-refractivity contribution is 5.66. The molecule has 0 amide bonds. The molecule has 148 valence electrons. The van der Waals surface area contributed by atoms with Gasteiger partial charge in [0.15, 0.2) is 6.29 Å². The van der Waals surface area contributed by atoms with E-state index < -0.39 is 6.29 Å². The number of benzene rings is 1. The Balaban J connectivity index is 1.69. The molecule has 27 heavy (non-hydrogen) atoms. The number of anilines is 1. The van der Waals surface area contributed by atoms with Crippen molar-refractivity contribution >= 4 is 5.69 Å². The van der Waals surface area contributed by atoms with E-state index >= 15 is 0 Å². The first kappa shape index (κ1) is 17.9. The van der Waals surface area contributed by atoms with Crippen molar-refractivity contribution in [2.24, 2.45) is 17.8 Å². The Hall–Kier alpha value is -1.14. The number of hydrogen-bond acceptors (Lipinski definition) is 5. The van der Waals surface area contributed by atoms with E-state index in [9.17, 15) is 5.11 Å². The molecule has 5 heteroatoms. The maximum absolute atomic E-state index is 10.9. The van der Waals surface area contributed by atoms with Crippen LogP contribution in [0.25, 0.3) is 0 Å². The molecule has 3 fully saturated rings. The van der Waals surface area contributed by atoms with Gasteiger partial charge in [-0.05, 0) is 57.8 Å². The Morgan fingerprint density at radius 3 is 2.89 bits per heavy atom. The zero-order valence-electron chi connectivity index (χ0n) is 16.6. The molecule has 2 bridgehead atoms. The Bertz CT molecular complexity index is 713. The molecule has 1 aromatic rings. The van der Waals surface area contributed by atoms with Gasteiger partial charge < -0.3 is 24.8 Å². The van der Waals surface area contributed by atoms with Crippen LogP contribution in [0.5, 0.6) is 0 Å². The normalized spacial score (nSPS) is 44.7. The fourth-order valence-electron chi connectivity index (χ4n) is 6.95.